The van der Waals surface area contributed by atoms with Gasteiger partial charge in [0, 0.05) is 18.7 Å². The molecule has 0 aliphatic carbocycles. The van der Waals surface area contributed by atoms with Gasteiger partial charge in [0.05, 0.1) is 18.2 Å². The number of nitrogens with zero attached hydrogens (tertiary/aromatic N) is 5. The van der Waals surface area contributed by atoms with Crippen molar-refractivity contribution in [3.63, 3.8) is 0 Å². The first-order valence-electron chi connectivity index (χ1n) is 10.1. The highest BCUT2D eigenvalue weighted by Gasteiger charge is 2.21. The monoisotopic (exact) mass is 438 g/mol. The van der Waals surface area contributed by atoms with Crippen LogP contribution in [0.1, 0.15) is 31.1 Å². The van der Waals surface area contributed by atoms with Gasteiger partial charge < -0.3 is 10.1 Å². The Labute approximate surface area is 183 Å². The highest BCUT2D eigenvalue weighted by atomic mass is 35.5. The quantitative estimate of drug-likeness (QED) is 0.442. The van der Waals surface area contributed by atoms with E-state index in [1.165, 1.54) is 12.3 Å². The molecule has 0 spiro atoms. The Bertz CT molecular complexity index is 1190. The molecule has 3 aromatic heterocycles. The number of hydrogen-bond donors (Lipinski definition) is 1. The number of nitrogens with one attached hydrogen (secondary N) is 1. The molecule has 1 saturated heterocycles. The molecule has 1 aromatic carbocycles. The van der Waals surface area contributed by atoms with E-state index in [1.807, 2.05) is 28.8 Å². The molecular formula is C22H20ClFN6O. The molecule has 1 fully saturated rings. The van der Waals surface area contributed by atoms with Crippen molar-refractivity contribution in [1.82, 2.24) is 24.5 Å². The number of pyridine rings is 1. The van der Waals surface area contributed by atoms with Crippen molar-refractivity contribution < 1.29 is 9.13 Å². The summed E-state index contributed by atoms with van der Waals surface area (Å²) in [5.74, 6) is 0.228. The molecule has 1 atom stereocenters. The van der Waals surface area contributed by atoms with Gasteiger partial charge in [-0.25, -0.2) is 9.37 Å². The molecule has 0 saturated carbocycles. The summed E-state index contributed by atoms with van der Waals surface area (Å²) >= 11 is 6.20. The second-order valence-corrected chi connectivity index (χ2v) is 7.74. The van der Waals surface area contributed by atoms with Crippen LogP contribution in [0.3, 0.4) is 0 Å². The average molecular weight is 439 g/mol. The fourth-order valence-electron chi connectivity index (χ4n) is 3.69. The van der Waals surface area contributed by atoms with E-state index in [9.17, 15) is 4.39 Å². The molecule has 158 valence electrons. The number of fused-ring (bicyclic) bond motifs is 1. The van der Waals surface area contributed by atoms with E-state index in [4.69, 9.17) is 16.3 Å². The highest BCUT2D eigenvalue weighted by molar-refractivity contribution is 6.28. The third kappa shape index (κ3) is 4.22. The summed E-state index contributed by atoms with van der Waals surface area (Å²) in [6.45, 7) is 1.27. The Morgan fingerprint density at radius 2 is 1.97 bits per heavy atom. The summed E-state index contributed by atoms with van der Waals surface area (Å²) < 4.78 is 20.9. The van der Waals surface area contributed by atoms with Crippen LogP contribution in [-0.2, 0) is 11.3 Å². The second kappa shape index (κ2) is 8.56. The minimum Gasteiger partial charge on any atom is -0.364 e. The van der Waals surface area contributed by atoms with Gasteiger partial charge in [-0.05, 0) is 48.6 Å². The van der Waals surface area contributed by atoms with Gasteiger partial charge >= 0.3 is 0 Å². The minimum atomic E-state index is -0.350. The largest absolute Gasteiger partial charge is 0.364 e. The lowest BCUT2D eigenvalue weighted by Crippen LogP contribution is -2.17. The molecule has 5 rings (SSSR count). The lowest BCUT2D eigenvalue weighted by molar-refractivity contribution is -0.0298. The number of ether oxygens (including phenoxy) is 1. The zero-order valence-electron chi connectivity index (χ0n) is 16.6. The van der Waals surface area contributed by atoms with E-state index < -0.39 is 0 Å². The Morgan fingerprint density at radius 3 is 2.71 bits per heavy atom. The van der Waals surface area contributed by atoms with E-state index in [2.05, 4.69) is 25.3 Å². The first kappa shape index (κ1) is 19.8. The van der Waals surface area contributed by atoms with Crippen molar-refractivity contribution in [3.05, 3.63) is 65.6 Å². The first-order valence-corrected chi connectivity index (χ1v) is 10.5. The van der Waals surface area contributed by atoms with Crippen LogP contribution in [0.25, 0.3) is 22.4 Å². The van der Waals surface area contributed by atoms with E-state index in [1.54, 1.807) is 12.4 Å². The Kier molecular flexibility index (Phi) is 5.48. The summed E-state index contributed by atoms with van der Waals surface area (Å²) in [7, 11) is 0. The molecular weight excluding hydrogens is 419 g/mol. The topological polar surface area (TPSA) is 77.8 Å². The van der Waals surface area contributed by atoms with Crippen molar-refractivity contribution >= 4 is 28.6 Å². The van der Waals surface area contributed by atoms with Crippen LogP contribution in [0.4, 0.5) is 10.2 Å². The number of imidazole rings is 1. The highest BCUT2D eigenvalue weighted by Crippen LogP contribution is 2.29. The zero-order valence-corrected chi connectivity index (χ0v) is 17.4. The maximum atomic E-state index is 13.1. The number of anilines is 1. The third-order valence-electron chi connectivity index (χ3n) is 5.30. The number of hydrogen-bond acceptors (Lipinski definition) is 6. The molecule has 1 N–H and O–H groups in total. The van der Waals surface area contributed by atoms with Crippen LogP contribution < -0.4 is 5.32 Å². The van der Waals surface area contributed by atoms with E-state index in [0.29, 0.717) is 23.5 Å². The van der Waals surface area contributed by atoms with Gasteiger partial charge in [0.1, 0.15) is 12.0 Å². The second-order valence-electron chi connectivity index (χ2n) is 7.40. The van der Waals surface area contributed by atoms with E-state index in [0.717, 1.165) is 42.7 Å². The zero-order chi connectivity index (χ0) is 21.2. The van der Waals surface area contributed by atoms with Crippen LogP contribution in [0, 0.1) is 5.82 Å². The minimum absolute atomic E-state index is 0.0785. The Morgan fingerprint density at radius 1 is 1.10 bits per heavy atom. The Balaban J connectivity index is 1.34. The number of halogens is 2. The lowest BCUT2D eigenvalue weighted by Gasteiger charge is -2.23. The fraction of sp³-hybridized carbons (Fsp3) is 0.273. The summed E-state index contributed by atoms with van der Waals surface area (Å²) in [5.41, 5.74) is 4.00. The molecule has 7 nitrogen and oxygen atoms in total. The predicted octanol–water partition coefficient (Wildman–Crippen LogP) is 4.99. The SMILES string of the molecule is Fc1ccc(-c2ccc(CNc3nc(Cl)nc4c3ncn4C3CCCCO3)cc2)nc1. The van der Waals surface area contributed by atoms with Gasteiger partial charge in [0.25, 0.3) is 0 Å². The maximum Gasteiger partial charge on any atom is 0.226 e. The van der Waals surface area contributed by atoms with Crippen LogP contribution in [-0.4, -0.2) is 31.1 Å². The van der Waals surface area contributed by atoms with Crippen molar-refractivity contribution in [2.45, 2.75) is 32.0 Å². The third-order valence-corrected chi connectivity index (χ3v) is 5.47. The normalized spacial score (nSPS) is 16.5. The fourth-order valence-corrected chi connectivity index (χ4v) is 3.86. The molecule has 31 heavy (non-hydrogen) atoms. The van der Waals surface area contributed by atoms with Crippen LogP contribution in [0.15, 0.2) is 48.9 Å². The Hall–Kier alpha value is -3.10. The summed E-state index contributed by atoms with van der Waals surface area (Å²) in [4.78, 5) is 17.3. The van der Waals surface area contributed by atoms with Crippen molar-refractivity contribution in [1.29, 1.82) is 0 Å². The molecule has 0 amide bonds. The van der Waals surface area contributed by atoms with Gasteiger partial charge in [-0.1, -0.05) is 24.3 Å². The van der Waals surface area contributed by atoms with Gasteiger partial charge in [-0.3, -0.25) is 9.55 Å². The van der Waals surface area contributed by atoms with E-state index >= 15 is 0 Å². The molecule has 1 aliphatic heterocycles. The first-order chi connectivity index (χ1) is 15.2. The smallest absolute Gasteiger partial charge is 0.226 e. The van der Waals surface area contributed by atoms with Crippen molar-refractivity contribution in [3.8, 4) is 11.3 Å². The molecule has 9 heteroatoms. The van der Waals surface area contributed by atoms with Crippen LogP contribution in [0.5, 0.6) is 0 Å². The molecule has 1 aliphatic rings. The molecule has 4 heterocycles. The number of benzene rings is 1. The van der Waals surface area contributed by atoms with Crippen LogP contribution >= 0.6 is 11.6 Å². The number of aromatic nitrogens is 5. The van der Waals surface area contributed by atoms with Gasteiger partial charge in [0.2, 0.25) is 5.28 Å². The van der Waals surface area contributed by atoms with Gasteiger partial charge in [-0.15, -0.1) is 0 Å². The number of rotatable bonds is 5. The van der Waals surface area contributed by atoms with Gasteiger partial charge in [0.15, 0.2) is 17.0 Å². The lowest BCUT2D eigenvalue weighted by atomic mass is 10.1. The maximum absolute atomic E-state index is 13.1. The molecule has 4 aromatic rings. The van der Waals surface area contributed by atoms with E-state index in [-0.39, 0.29) is 17.3 Å². The molecule has 1 unspecified atom stereocenters. The summed E-state index contributed by atoms with van der Waals surface area (Å²) in [5, 5.41) is 3.47. The molecule has 0 bridgehead atoms. The standard InChI is InChI=1S/C22H20ClFN6O/c23-22-28-20(19-21(29-22)30(13-27-19)18-3-1-2-10-31-18)26-11-14-4-6-15(7-5-14)17-9-8-16(24)12-25-17/h4-9,12-13,18H,1-3,10-11H2,(H,26,28,29). The van der Waals surface area contributed by atoms with Crippen molar-refractivity contribution in [2.24, 2.45) is 0 Å². The predicted molar refractivity (Wildman–Crippen MR) is 116 cm³/mol. The van der Waals surface area contributed by atoms with Gasteiger partial charge in [-0.2, -0.15) is 9.97 Å². The van der Waals surface area contributed by atoms with Crippen LogP contribution in [0.2, 0.25) is 5.28 Å². The summed E-state index contributed by atoms with van der Waals surface area (Å²) in [6, 6.07) is 10.9. The summed E-state index contributed by atoms with van der Waals surface area (Å²) in [6.07, 6.45) is 5.98. The van der Waals surface area contributed by atoms with Crippen molar-refractivity contribution in [2.75, 3.05) is 11.9 Å². The average Bonchev–Trinajstić information content (AvgIpc) is 3.23. The molecule has 0 radical (unpaired) electrons.